The van der Waals surface area contributed by atoms with Gasteiger partial charge in [0, 0.05) is 0 Å². The van der Waals surface area contributed by atoms with Gasteiger partial charge in [0.2, 0.25) is 5.95 Å². The van der Waals surface area contributed by atoms with Crippen molar-refractivity contribution in [2.75, 3.05) is 19.0 Å². The molecule has 18 heavy (non-hydrogen) atoms. The Hall–Kier alpha value is -2.57. The smallest absolute Gasteiger partial charge is 0.336 e. The summed E-state index contributed by atoms with van der Waals surface area (Å²) in [6.07, 6.45) is 0. The second kappa shape index (κ2) is 5.67. The van der Waals surface area contributed by atoms with Gasteiger partial charge in [0.05, 0.1) is 7.11 Å². The maximum atomic E-state index is 11.5. The molecule has 0 saturated carbocycles. The van der Waals surface area contributed by atoms with E-state index in [1.165, 1.54) is 7.11 Å². The van der Waals surface area contributed by atoms with Gasteiger partial charge in [-0.3, -0.25) is 10.1 Å². The fourth-order valence-electron chi connectivity index (χ4n) is 1.23. The standard InChI is InChI=1S/C11H12N4O3/c1-17-11-13-10(14-15-11)12-9(16)7-18-8-5-3-2-4-6-8/h2-6H,7H2,1H3,(H2,12,13,14,15,16). The van der Waals surface area contributed by atoms with Gasteiger partial charge in [-0.05, 0) is 12.1 Å². The zero-order valence-electron chi connectivity index (χ0n) is 9.71. The van der Waals surface area contributed by atoms with Crippen LogP contribution in [0, 0.1) is 0 Å². The van der Waals surface area contributed by atoms with Crippen molar-refractivity contribution >= 4 is 11.9 Å². The first kappa shape index (κ1) is 11.9. The maximum absolute atomic E-state index is 11.5. The van der Waals surface area contributed by atoms with E-state index in [0.29, 0.717) is 5.75 Å². The van der Waals surface area contributed by atoms with E-state index in [1.54, 1.807) is 12.1 Å². The molecule has 2 N–H and O–H groups in total. The van der Waals surface area contributed by atoms with E-state index in [0.717, 1.165) is 0 Å². The second-order valence-electron chi connectivity index (χ2n) is 3.32. The van der Waals surface area contributed by atoms with Crippen LogP contribution in [-0.4, -0.2) is 34.8 Å². The van der Waals surface area contributed by atoms with Crippen LogP contribution in [0.25, 0.3) is 0 Å². The molecule has 7 heteroatoms. The number of nitrogens with zero attached hydrogens (tertiary/aromatic N) is 2. The van der Waals surface area contributed by atoms with Gasteiger partial charge in [0.25, 0.3) is 5.91 Å². The summed E-state index contributed by atoms with van der Waals surface area (Å²) in [6.45, 7) is -0.104. The van der Waals surface area contributed by atoms with Crippen molar-refractivity contribution in [3.8, 4) is 11.8 Å². The SMILES string of the molecule is COc1n[nH]c(NC(=O)COc2ccccc2)n1. The van der Waals surface area contributed by atoms with E-state index in [2.05, 4.69) is 20.5 Å². The van der Waals surface area contributed by atoms with Crippen molar-refractivity contribution in [3.05, 3.63) is 30.3 Å². The number of carbonyl (C=O) groups is 1. The number of hydrogen-bond donors (Lipinski definition) is 2. The van der Waals surface area contributed by atoms with E-state index in [1.807, 2.05) is 18.2 Å². The first-order valence-electron chi connectivity index (χ1n) is 5.22. The summed E-state index contributed by atoms with van der Waals surface area (Å²) in [6, 6.07) is 9.22. The Balaban J connectivity index is 1.82. The maximum Gasteiger partial charge on any atom is 0.336 e. The van der Waals surface area contributed by atoms with Crippen molar-refractivity contribution in [3.63, 3.8) is 0 Å². The van der Waals surface area contributed by atoms with Crippen LogP contribution < -0.4 is 14.8 Å². The van der Waals surface area contributed by atoms with Gasteiger partial charge in [0.15, 0.2) is 6.61 Å². The fourth-order valence-corrected chi connectivity index (χ4v) is 1.23. The highest BCUT2D eigenvalue weighted by Crippen LogP contribution is 2.08. The number of amides is 1. The number of para-hydroxylation sites is 1. The Morgan fingerprint density at radius 2 is 2.17 bits per heavy atom. The largest absolute Gasteiger partial charge is 0.484 e. The lowest BCUT2D eigenvalue weighted by Gasteiger charge is -2.04. The van der Waals surface area contributed by atoms with Gasteiger partial charge >= 0.3 is 6.01 Å². The quantitative estimate of drug-likeness (QED) is 0.818. The predicted molar refractivity (Wildman–Crippen MR) is 63.5 cm³/mol. The molecule has 0 fully saturated rings. The van der Waals surface area contributed by atoms with Gasteiger partial charge in [-0.1, -0.05) is 18.2 Å². The number of anilines is 1. The van der Waals surface area contributed by atoms with Gasteiger partial charge in [-0.25, -0.2) is 5.10 Å². The minimum atomic E-state index is -0.336. The Morgan fingerprint density at radius 1 is 1.39 bits per heavy atom. The van der Waals surface area contributed by atoms with E-state index in [4.69, 9.17) is 9.47 Å². The number of H-pyrrole nitrogens is 1. The first-order chi connectivity index (χ1) is 8.78. The molecule has 0 bridgehead atoms. The van der Waals surface area contributed by atoms with Crippen LogP contribution in [0.2, 0.25) is 0 Å². The molecule has 7 nitrogen and oxygen atoms in total. The average Bonchev–Trinajstić information content (AvgIpc) is 2.85. The van der Waals surface area contributed by atoms with Crippen molar-refractivity contribution in [2.24, 2.45) is 0 Å². The number of aromatic nitrogens is 3. The second-order valence-corrected chi connectivity index (χ2v) is 3.32. The van der Waals surface area contributed by atoms with Crippen LogP contribution in [0.3, 0.4) is 0 Å². The summed E-state index contributed by atoms with van der Waals surface area (Å²) in [7, 11) is 1.44. The Kier molecular flexibility index (Phi) is 3.75. The van der Waals surface area contributed by atoms with Crippen LogP contribution in [-0.2, 0) is 4.79 Å². The van der Waals surface area contributed by atoms with Crippen molar-refractivity contribution in [1.29, 1.82) is 0 Å². The lowest BCUT2D eigenvalue weighted by molar-refractivity contribution is -0.118. The number of benzene rings is 1. The third kappa shape index (κ3) is 3.21. The van der Waals surface area contributed by atoms with E-state index in [-0.39, 0.29) is 24.5 Å². The molecule has 0 aliphatic rings. The molecule has 0 aliphatic carbocycles. The molecule has 1 aromatic heterocycles. The summed E-state index contributed by atoms with van der Waals surface area (Å²) in [4.78, 5) is 15.4. The van der Waals surface area contributed by atoms with Crippen molar-refractivity contribution in [2.45, 2.75) is 0 Å². The highest BCUT2D eigenvalue weighted by Gasteiger charge is 2.07. The monoisotopic (exact) mass is 248 g/mol. The molecule has 0 unspecified atom stereocenters. The number of carbonyl (C=O) groups excluding carboxylic acids is 1. The molecule has 1 amide bonds. The minimum absolute atomic E-state index is 0.104. The van der Waals surface area contributed by atoms with Gasteiger partial charge in [0.1, 0.15) is 5.75 Å². The Morgan fingerprint density at radius 3 is 2.83 bits per heavy atom. The zero-order chi connectivity index (χ0) is 12.8. The molecular weight excluding hydrogens is 236 g/mol. The number of methoxy groups -OCH3 is 1. The first-order valence-corrected chi connectivity index (χ1v) is 5.22. The van der Waals surface area contributed by atoms with Gasteiger partial charge < -0.3 is 9.47 Å². The molecule has 0 radical (unpaired) electrons. The summed E-state index contributed by atoms with van der Waals surface area (Å²) in [5.74, 6) is 0.508. The van der Waals surface area contributed by atoms with Gasteiger partial charge in [-0.15, -0.1) is 5.10 Å². The minimum Gasteiger partial charge on any atom is -0.484 e. The van der Waals surface area contributed by atoms with Crippen LogP contribution in [0.5, 0.6) is 11.8 Å². The van der Waals surface area contributed by atoms with Crippen LogP contribution in [0.15, 0.2) is 30.3 Å². The third-order valence-electron chi connectivity index (χ3n) is 2.02. The number of hydrogen-bond acceptors (Lipinski definition) is 5. The Labute approximate surface area is 103 Å². The van der Waals surface area contributed by atoms with Crippen LogP contribution in [0.4, 0.5) is 5.95 Å². The predicted octanol–water partition coefficient (Wildman–Crippen LogP) is 0.831. The normalized spacial score (nSPS) is 9.83. The fraction of sp³-hybridized carbons (Fsp3) is 0.182. The Bertz CT molecular complexity index is 512. The number of nitrogens with one attached hydrogen (secondary N) is 2. The van der Waals surface area contributed by atoms with Crippen LogP contribution >= 0.6 is 0 Å². The van der Waals surface area contributed by atoms with Crippen molar-refractivity contribution in [1.82, 2.24) is 15.2 Å². The summed E-state index contributed by atoms with van der Waals surface area (Å²) in [5, 5.41) is 8.70. The zero-order valence-corrected chi connectivity index (χ0v) is 9.71. The van der Waals surface area contributed by atoms with Crippen molar-refractivity contribution < 1.29 is 14.3 Å². The number of aromatic amines is 1. The summed E-state index contributed by atoms with van der Waals surface area (Å²) < 4.78 is 10.0. The lowest BCUT2D eigenvalue weighted by Crippen LogP contribution is -2.20. The number of rotatable bonds is 5. The highest BCUT2D eigenvalue weighted by atomic mass is 16.5. The molecule has 0 saturated heterocycles. The molecule has 0 aliphatic heterocycles. The molecule has 0 atom stereocenters. The van der Waals surface area contributed by atoms with E-state index < -0.39 is 0 Å². The van der Waals surface area contributed by atoms with Gasteiger partial charge in [-0.2, -0.15) is 4.98 Å². The lowest BCUT2D eigenvalue weighted by atomic mass is 10.3. The van der Waals surface area contributed by atoms with E-state index in [9.17, 15) is 4.79 Å². The average molecular weight is 248 g/mol. The molecule has 2 aromatic rings. The molecular formula is C11H12N4O3. The van der Waals surface area contributed by atoms with E-state index >= 15 is 0 Å². The van der Waals surface area contributed by atoms with Crippen LogP contribution in [0.1, 0.15) is 0 Å². The number of ether oxygens (including phenoxy) is 2. The topological polar surface area (TPSA) is 89.1 Å². The summed E-state index contributed by atoms with van der Waals surface area (Å²) >= 11 is 0. The molecule has 0 spiro atoms. The molecule has 1 heterocycles. The highest BCUT2D eigenvalue weighted by molar-refractivity contribution is 5.90. The third-order valence-corrected chi connectivity index (χ3v) is 2.02. The molecule has 94 valence electrons. The summed E-state index contributed by atoms with van der Waals surface area (Å²) in [5.41, 5.74) is 0. The molecule has 1 aromatic carbocycles. The molecule has 2 rings (SSSR count).